The molecule has 0 atom stereocenters. The minimum atomic E-state index is -7.13. The highest BCUT2D eigenvalue weighted by Crippen LogP contribution is 2.63. The van der Waals surface area contributed by atoms with Crippen molar-refractivity contribution >= 4 is 0 Å². The Kier molecular flexibility index (Phi) is 4.19. The summed E-state index contributed by atoms with van der Waals surface area (Å²) in [6.07, 6.45) is -21.0. The van der Waals surface area contributed by atoms with Crippen molar-refractivity contribution in [3.63, 3.8) is 0 Å². The summed E-state index contributed by atoms with van der Waals surface area (Å²) in [5.74, 6) is -7.13. The summed E-state index contributed by atoms with van der Waals surface area (Å²) in [5, 5.41) is 0. The second-order valence-electron chi connectivity index (χ2n) is 4.18. The van der Waals surface area contributed by atoms with Crippen LogP contribution in [-0.2, 0) is 5.41 Å². The molecule has 11 heteroatoms. The monoisotopic (exact) mass is 346 g/mol. The molecule has 0 aliphatic carbocycles. The second kappa shape index (κ2) is 4.98. The maximum absolute atomic E-state index is 13.4. The zero-order valence-corrected chi connectivity index (χ0v) is 10.0. The van der Waals surface area contributed by atoms with Crippen LogP contribution >= 0.6 is 0 Å². The number of hydrogen-bond acceptors (Lipinski definition) is 0. The topological polar surface area (TPSA) is 0 Å². The lowest BCUT2D eigenvalue weighted by molar-refractivity contribution is -0.414. The Labute approximate surface area is 115 Å². The zero-order valence-electron chi connectivity index (χ0n) is 10.0. The molecule has 0 saturated heterocycles. The van der Waals surface area contributed by atoms with Gasteiger partial charge in [-0.15, -0.1) is 0 Å². The van der Waals surface area contributed by atoms with Crippen LogP contribution in [-0.4, -0.2) is 24.5 Å². The number of rotatable bonds is 2. The van der Waals surface area contributed by atoms with E-state index in [4.69, 9.17) is 0 Å². The molecule has 0 unspecified atom stereocenters. The molecule has 0 aliphatic rings. The Morgan fingerprint density at radius 1 is 0.500 bits per heavy atom. The fourth-order valence-corrected chi connectivity index (χ4v) is 1.93. The number of benzene rings is 1. The van der Waals surface area contributed by atoms with Gasteiger partial charge in [-0.3, -0.25) is 0 Å². The molecule has 0 aromatic heterocycles. The summed E-state index contributed by atoms with van der Waals surface area (Å²) in [5.41, 5.74) is -8.66. The summed E-state index contributed by atoms with van der Waals surface area (Å²) in [6.45, 7) is 0. The van der Waals surface area contributed by atoms with Crippen molar-refractivity contribution in [3.8, 4) is 0 Å². The van der Waals surface area contributed by atoms with E-state index in [1.165, 1.54) is 0 Å². The smallest absolute Gasteiger partial charge is 0.195 e. The van der Waals surface area contributed by atoms with Crippen LogP contribution in [0.25, 0.3) is 0 Å². The third-order valence-corrected chi connectivity index (χ3v) is 2.88. The fourth-order valence-electron chi connectivity index (χ4n) is 1.93. The van der Waals surface area contributed by atoms with E-state index < -0.39 is 35.4 Å². The fraction of sp³-hybridized carbons (Fsp3) is 0.455. The number of halogens is 11. The lowest BCUT2D eigenvalue weighted by Gasteiger charge is -2.43. The van der Waals surface area contributed by atoms with Crippen LogP contribution in [0, 0.1) is 0 Å². The molecule has 1 aromatic carbocycles. The first-order valence-electron chi connectivity index (χ1n) is 5.24. The molecule has 0 amide bonds. The summed E-state index contributed by atoms with van der Waals surface area (Å²) < 4.78 is 141. The van der Waals surface area contributed by atoms with Gasteiger partial charge in [0.15, 0.2) is 0 Å². The summed E-state index contributed by atoms with van der Waals surface area (Å²) in [7, 11) is 0. The Morgan fingerprint density at radius 3 is 1.14 bits per heavy atom. The van der Waals surface area contributed by atoms with Crippen LogP contribution in [0.5, 0.6) is 0 Å². The zero-order chi connectivity index (χ0) is 17.6. The highest BCUT2D eigenvalue weighted by atomic mass is 19.4. The molecular formula is C11H5F11. The Bertz CT molecular complexity index is 492. The summed E-state index contributed by atoms with van der Waals surface area (Å²) >= 11 is 0. The highest BCUT2D eigenvalue weighted by molar-refractivity contribution is 5.35. The van der Waals surface area contributed by atoms with Crippen molar-refractivity contribution in [1.29, 1.82) is 0 Å². The van der Waals surface area contributed by atoms with Gasteiger partial charge in [-0.2, -0.15) is 48.3 Å². The molecule has 0 heterocycles. The van der Waals surface area contributed by atoms with Crippen LogP contribution in [0.2, 0.25) is 0 Å². The second-order valence-corrected chi connectivity index (χ2v) is 4.18. The molecule has 22 heavy (non-hydrogen) atoms. The lowest BCUT2D eigenvalue weighted by atomic mass is 9.72. The van der Waals surface area contributed by atoms with Gasteiger partial charge in [-0.1, -0.05) is 30.3 Å². The van der Waals surface area contributed by atoms with Crippen molar-refractivity contribution in [3.05, 3.63) is 35.9 Å². The molecular weight excluding hydrogens is 341 g/mol. The Balaban J connectivity index is 3.95. The maximum atomic E-state index is 13.4. The van der Waals surface area contributed by atoms with Crippen molar-refractivity contribution in [2.75, 3.05) is 0 Å². The summed E-state index contributed by atoms with van der Waals surface area (Å²) in [6, 6.07) is 1.69. The van der Waals surface area contributed by atoms with Crippen molar-refractivity contribution in [2.24, 2.45) is 0 Å². The highest BCUT2D eigenvalue weighted by Gasteiger charge is 2.89. The van der Waals surface area contributed by atoms with Crippen molar-refractivity contribution in [2.45, 2.75) is 29.9 Å². The summed E-state index contributed by atoms with van der Waals surface area (Å²) in [4.78, 5) is 0. The van der Waals surface area contributed by atoms with Gasteiger partial charge >= 0.3 is 24.5 Å². The van der Waals surface area contributed by atoms with E-state index in [2.05, 4.69) is 0 Å². The Hall–Kier alpha value is -1.55. The van der Waals surface area contributed by atoms with Gasteiger partial charge in [0.2, 0.25) is 0 Å². The van der Waals surface area contributed by atoms with E-state index in [0.29, 0.717) is 12.1 Å². The maximum Gasteiger partial charge on any atom is 0.455 e. The minimum absolute atomic E-state index is 0.0827. The largest absolute Gasteiger partial charge is 0.455 e. The van der Waals surface area contributed by atoms with Gasteiger partial charge in [0, 0.05) is 0 Å². The third-order valence-electron chi connectivity index (χ3n) is 2.88. The van der Waals surface area contributed by atoms with E-state index in [-0.39, 0.29) is 12.1 Å². The van der Waals surface area contributed by atoms with Crippen molar-refractivity contribution in [1.82, 2.24) is 0 Å². The van der Waals surface area contributed by atoms with E-state index in [9.17, 15) is 48.3 Å². The molecule has 0 saturated carbocycles. The number of alkyl halides is 11. The predicted molar refractivity (Wildman–Crippen MR) is 51.2 cm³/mol. The molecule has 0 nitrogen and oxygen atoms in total. The SMILES string of the molecule is FC(F)(F)C(F)(F)C(c1ccccc1)(C(F)(F)F)C(F)(F)F. The molecule has 0 spiro atoms. The molecule has 0 bridgehead atoms. The first-order valence-corrected chi connectivity index (χ1v) is 5.24. The lowest BCUT2D eigenvalue weighted by Crippen LogP contribution is -2.69. The van der Waals surface area contributed by atoms with Crippen LogP contribution in [0.15, 0.2) is 30.3 Å². The molecule has 1 rings (SSSR count). The third kappa shape index (κ3) is 2.39. The molecule has 126 valence electrons. The molecule has 0 radical (unpaired) electrons. The first-order chi connectivity index (χ1) is 9.61. The van der Waals surface area contributed by atoms with Gasteiger partial charge in [0.25, 0.3) is 5.41 Å². The van der Waals surface area contributed by atoms with E-state index in [0.717, 1.165) is 6.07 Å². The molecule has 1 aromatic rings. The molecule has 0 N–H and O–H groups in total. The molecule has 0 aliphatic heterocycles. The minimum Gasteiger partial charge on any atom is -0.195 e. The van der Waals surface area contributed by atoms with Crippen LogP contribution in [0.3, 0.4) is 0 Å². The van der Waals surface area contributed by atoms with Gasteiger partial charge in [0.05, 0.1) is 0 Å². The van der Waals surface area contributed by atoms with Gasteiger partial charge in [0.1, 0.15) is 0 Å². The van der Waals surface area contributed by atoms with Gasteiger partial charge < -0.3 is 0 Å². The van der Waals surface area contributed by atoms with Crippen LogP contribution < -0.4 is 0 Å². The average molecular weight is 346 g/mol. The van der Waals surface area contributed by atoms with Gasteiger partial charge in [-0.25, -0.2) is 0 Å². The van der Waals surface area contributed by atoms with Crippen LogP contribution in [0.4, 0.5) is 48.3 Å². The Morgan fingerprint density at radius 2 is 0.864 bits per heavy atom. The molecule has 0 fully saturated rings. The standard InChI is InChI=1S/C11H5F11/c12-8(13,11(20,21)22)7(9(14,15)16,10(17,18)19)6-4-2-1-3-5-6/h1-5H. The normalized spacial score (nSPS) is 15.0. The quantitative estimate of drug-likeness (QED) is 0.642. The van der Waals surface area contributed by atoms with Gasteiger partial charge in [-0.05, 0) is 5.56 Å². The number of hydrogen-bond donors (Lipinski definition) is 0. The van der Waals surface area contributed by atoms with Crippen LogP contribution in [0.1, 0.15) is 5.56 Å². The van der Waals surface area contributed by atoms with E-state index in [1.807, 2.05) is 0 Å². The predicted octanol–water partition coefficient (Wildman–Crippen LogP) is 5.25. The van der Waals surface area contributed by atoms with Crippen molar-refractivity contribution < 1.29 is 48.3 Å². The first kappa shape index (κ1) is 18.5. The van der Waals surface area contributed by atoms with E-state index in [1.54, 1.807) is 0 Å². The average Bonchev–Trinajstić information content (AvgIpc) is 2.24. The van der Waals surface area contributed by atoms with E-state index >= 15 is 0 Å².